The molecular weight excluding hydrogens is 148 g/mol. The van der Waals surface area contributed by atoms with Crippen LogP contribution in [0.5, 0.6) is 0 Å². The second kappa shape index (κ2) is 4.96. The topological polar surface area (TPSA) is 28.7 Å². The molecule has 0 saturated carbocycles. The number of nitrogens with zero attached hydrogens (tertiary/aromatic N) is 1. The van der Waals surface area contributed by atoms with Crippen molar-refractivity contribution < 1.29 is 0 Å². The van der Waals surface area contributed by atoms with Crippen LogP contribution < -0.4 is 0 Å². The molecule has 1 atom stereocenters. The lowest BCUT2D eigenvalue weighted by atomic mass is 9.96. The third-order valence-corrected chi connectivity index (χ3v) is 2.34. The van der Waals surface area contributed by atoms with Crippen molar-refractivity contribution in [3.63, 3.8) is 0 Å². The van der Waals surface area contributed by atoms with Gasteiger partial charge in [-0.3, -0.25) is 0 Å². The summed E-state index contributed by atoms with van der Waals surface area (Å²) in [6.45, 7) is 4.51. The number of nitrogens with one attached hydrogen (secondary N) is 1. The fraction of sp³-hybridized carbons (Fsp3) is 0.700. The Morgan fingerprint density at radius 3 is 2.83 bits per heavy atom. The molecule has 2 heteroatoms. The van der Waals surface area contributed by atoms with E-state index in [1.54, 1.807) is 6.33 Å². The molecule has 0 amide bonds. The highest BCUT2D eigenvalue weighted by Gasteiger charge is 2.06. The lowest BCUT2D eigenvalue weighted by Crippen LogP contribution is -2.02. The fourth-order valence-electron chi connectivity index (χ4n) is 1.57. The van der Waals surface area contributed by atoms with Crippen molar-refractivity contribution in [2.24, 2.45) is 5.92 Å². The summed E-state index contributed by atoms with van der Waals surface area (Å²) >= 11 is 0. The molecular formula is C10H18N2. The zero-order valence-corrected chi connectivity index (χ0v) is 8.01. The number of aromatic amines is 1. The van der Waals surface area contributed by atoms with Crippen LogP contribution in [0.4, 0.5) is 0 Å². The highest BCUT2D eigenvalue weighted by Crippen LogP contribution is 2.15. The van der Waals surface area contributed by atoms with Gasteiger partial charge in [0.2, 0.25) is 0 Å². The van der Waals surface area contributed by atoms with Gasteiger partial charge in [0.25, 0.3) is 0 Å². The Morgan fingerprint density at radius 2 is 2.33 bits per heavy atom. The second-order valence-electron chi connectivity index (χ2n) is 3.34. The first-order valence-electron chi connectivity index (χ1n) is 4.84. The van der Waals surface area contributed by atoms with Crippen LogP contribution in [0.25, 0.3) is 0 Å². The van der Waals surface area contributed by atoms with Crippen molar-refractivity contribution in [1.82, 2.24) is 9.97 Å². The third kappa shape index (κ3) is 2.68. The van der Waals surface area contributed by atoms with Crippen molar-refractivity contribution in [3.8, 4) is 0 Å². The van der Waals surface area contributed by atoms with Gasteiger partial charge in [-0.1, -0.05) is 33.1 Å². The summed E-state index contributed by atoms with van der Waals surface area (Å²) in [5.74, 6) is 0.829. The first-order chi connectivity index (χ1) is 5.86. The predicted octanol–water partition coefficient (Wildman–Crippen LogP) is 2.78. The molecule has 0 fully saturated rings. The first-order valence-corrected chi connectivity index (χ1v) is 4.84. The molecule has 12 heavy (non-hydrogen) atoms. The lowest BCUT2D eigenvalue weighted by molar-refractivity contribution is 0.458. The largest absolute Gasteiger partial charge is 0.348 e. The molecule has 0 bridgehead atoms. The maximum Gasteiger partial charge on any atom is 0.0921 e. The van der Waals surface area contributed by atoms with Gasteiger partial charge in [0.1, 0.15) is 0 Å². The number of aromatic nitrogens is 2. The number of hydrogen-bond donors (Lipinski definition) is 1. The molecule has 1 unspecified atom stereocenters. The number of hydrogen-bond acceptors (Lipinski definition) is 1. The standard InChI is InChI=1S/C10H18N2/c1-3-5-9(4-2)6-10-7-11-8-12-10/h7-9H,3-6H2,1-2H3,(H,11,12). The lowest BCUT2D eigenvalue weighted by Gasteiger charge is -2.11. The minimum atomic E-state index is 0.829. The summed E-state index contributed by atoms with van der Waals surface area (Å²) in [6, 6.07) is 0. The minimum absolute atomic E-state index is 0.829. The van der Waals surface area contributed by atoms with Crippen molar-refractivity contribution in [3.05, 3.63) is 18.2 Å². The van der Waals surface area contributed by atoms with Gasteiger partial charge in [0.05, 0.1) is 6.33 Å². The van der Waals surface area contributed by atoms with E-state index in [9.17, 15) is 0 Å². The average Bonchev–Trinajstić information content (AvgIpc) is 2.56. The zero-order valence-electron chi connectivity index (χ0n) is 8.01. The van der Waals surface area contributed by atoms with Gasteiger partial charge < -0.3 is 4.98 Å². The van der Waals surface area contributed by atoms with E-state index in [4.69, 9.17) is 0 Å². The van der Waals surface area contributed by atoms with Crippen LogP contribution >= 0.6 is 0 Å². The maximum atomic E-state index is 4.01. The SMILES string of the molecule is CCCC(CC)Cc1cnc[nH]1. The van der Waals surface area contributed by atoms with Crippen molar-refractivity contribution >= 4 is 0 Å². The van der Waals surface area contributed by atoms with E-state index in [2.05, 4.69) is 23.8 Å². The van der Waals surface area contributed by atoms with E-state index in [0.29, 0.717) is 0 Å². The van der Waals surface area contributed by atoms with E-state index in [-0.39, 0.29) is 0 Å². The van der Waals surface area contributed by atoms with Gasteiger partial charge in [-0.05, 0) is 12.3 Å². The molecule has 68 valence electrons. The zero-order chi connectivity index (χ0) is 8.81. The van der Waals surface area contributed by atoms with Crippen LogP contribution in [0.2, 0.25) is 0 Å². The minimum Gasteiger partial charge on any atom is -0.348 e. The van der Waals surface area contributed by atoms with E-state index in [1.807, 2.05) is 6.20 Å². The average molecular weight is 166 g/mol. The molecule has 1 heterocycles. The van der Waals surface area contributed by atoms with Crippen molar-refractivity contribution in [1.29, 1.82) is 0 Å². The van der Waals surface area contributed by atoms with Crippen LogP contribution in [0.3, 0.4) is 0 Å². The van der Waals surface area contributed by atoms with Crippen LogP contribution in [0.15, 0.2) is 12.5 Å². The second-order valence-corrected chi connectivity index (χ2v) is 3.34. The summed E-state index contributed by atoms with van der Waals surface area (Å²) in [5.41, 5.74) is 1.27. The normalized spacial score (nSPS) is 13.2. The molecule has 0 radical (unpaired) electrons. The molecule has 1 aromatic rings. The highest BCUT2D eigenvalue weighted by molar-refractivity contribution is 4.95. The molecule has 1 rings (SSSR count). The molecule has 0 spiro atoms. The van der Waals surface area contributed by atoms with E-state index in [0.717, 1.165) is 12.3 Å². The Balaban J connectivity index is 2.37. The quantitative estimate of drug-likeness (QED) is 0.716. The Bertz CT molecular complexity index is 192. The Morgan fingerprint density at radius 1 is 1.50 bits per heavy atom. The third-order valence-electron chi connectivity index (χ3n) is 2.34. The number of H-pyrrole nitrogens is 1. The number of rotatable bonds is 5. The van der Waals surface area contributed by atoms with Crippen molar-refractivity contribution in [2.75, 3.05) is 0 Å². The summed E-state index contributed by atoms with van der Waals surface area (Å²) in [5, 5.41) is 0. The van der Waals surface area contributed by atoms with Gasteiger partial charge in [-0.2, -0.15) is 0 Å². The Hall–Kier alpha value is -0.790. The molecule has 1 aromatic heterocycles. The Labute approximate surface area is 74.4 Å². The molecule has 0 saturated heterocycles. The fourth-order valence-corrected chi connectivity index (χ4v) is 1.57. The highest BCUT2D eigenvalue weighted by atomic mass is 14.9. The molecule has 2 nitrogen and oxygen atoms in total. The van der Waals surface area contributed by atoms with Crippen LogP contribution in [-0.4, -0.2) is 9.97 Å². The monoisotopic (exact) mass is 166 g/mol. The van der Waals surface area contributed by atoms with Gasteiger partial charge in [0.15, 0.2) is 0 Å². The van der Waals surface area contributed by atoms with Crippen molar-refractivity contribution in [2.45, 2.75) is 39.5 Å². The predicted molar refractivity (Wildman–Crippen MR) is 51.0 cm³/mol. The molecule has 0 aliphatic heterocycles. The molecule has 0 aliphatic carbocycles. The van der Waals surface area contributed by atoms with Crippen LogP contribution in [0.1, 0.15) is 38.8 Å². The van der Waals surface area contributed by atoms with Gasteiger partial charge in [-0.25, -0.2) is 4.98 Å². The van der Waals surface area contributed by atoms with Gasteiger partial charge >= 0.3 is 0 Å². The maximum absolute atomic E-state index is 4.01. The molecule has 0 aromatic carbocycles. The van der Waals surface area contributed by atoms with E-state index in [1.165, 1.54) is 25.0 Å². The Kier molecular flexibility index (Phi) is 3.85. The number of imidazole rings is 1. The van der Waals surface area contributed by atoms with Gasteiger partial charge in [0, 0.05) is 11.9 Å². The van der Waals surface area contributed by atoms with E-state index < -0.39 is 0 Å². The summed E-state index contributed by atoms with van der Waals surface area (Å²) in [6.07, 6.45) is 8.73. The van der Waals surface area contributed by atoms with Gasteiger partial charge in [-0.15, -0.1) is 0 Å². The van der Waals surface area contributed by atoms with E-state index >= 15 is 0 Å². The summed E-state index contributed by atoms with van der Waals surface area (Å²) in [7, 11) is 0. The van der Waals surface area contributed by atoms with Crippen LogP contribution in [0, 0.1) is 5.92 Å². The first kappa shape index (κ1) is 9.30. The molecule has 1 N–H and O–H groups in total. The smallest absolute Gasteiger partial charge is 0.0921 e. The molecule has 0 aliphatic rings. The van der Waals surface area contributed by atoms with Crippen LogP contribution in [-0.2, 0) is 6.42 Å². The summed E-state index contributed by atoms with van der Waals surface area (Å²) in [4.78, 5) is 7.16. The summed E-state index contributed by atoms with van der Waals surface area (Å²) < 4.78 is 0.